The lowest BCUT2D eigenvalue weighted by Crippen LogP contribution is -2.34. The molecule has 1 fully saturated rings. The summed E-state index contributed by atoms with van der Waals surface area (Å²) < 4.78 is 39.1. The van der Waals surface area contributed by atoms with Gasteiger partial charge >= 0.3 is 6.18 Å². The fourth-order valence-corrected chi connectivity index (χ4v) is 5.45. The quantitative estimate of drug-likeness (QED) is 0.652. The SMILES string of the molecule is NC(=O)/C(=C1\Nc2ccc(CCN3CCSCC3)cc2S1)c1nccc(C(F)(F)F)n1. The summed E-state index contributed by atoms with van der Waals surface area (Å²) in [6.07, 6.45) is -2.78. The van der Waals surface area contributed by atoms with E-state index in [1.165, 1.54) is 11.8 Å². The summed E-state index contributed by atoms with van der Waals surface area (Å²) in [4.78, 5) is 22.8. The van der Waals surface area contributed by atoms with Crippen molar-refractivity contribution in [2.45, 2.75) is 17.5 Å². The van der Waals surface area contributed by atoms with E-state index in [1.54, 1.807) is 0 Å². The van der Waals surface area contributed by atoms with Gasteiger partial charge in [0.1, 0.15) is 11.3 Å². The highest BCUT2D eigenvalue weighted by molar-refractivity contribution is 8.04. The molecule has 11 heteroatoms. The summed E-state index contributed by atoms with van der Waals surface area (Å²) in [5.74, 6) is 1.07. The van der Waals surface area contributed by atoms with E-state index >= 15 is 0 Å². The molecule has 4 rings (SSSR count). The van der Waals surface area contributed by atoms with Crippen LogP contribution in [0.4, 0.5) is 18.9 Å². The fourth-order valence-electron chi connectivity index (χ4n) is 3.35. The molecule has 0 radical (unpaired) electrons. The lowest BCUT2D eigenvalue weighted by Gasteiger charge is -2.26. The molecule has 0 saturated carbocycles. The molecule has 2 aromatic rings. The van der Waals surface area contributed by atoms with Crippen molar-refractivity contribution in [3.63, 3.8) is 0 Å². The number of carbonyl (C=O) groups is 1. The van der Waals surface area contributed by atoms with Crippen LogP contribution in [0, 0.1) is 0 Å². The number of nitrogens with zero attached hydrogens (tertiary/aromatic N) is 3. The maximum absolute atomic E-state index is 13.0. The average Bonchev–Trinajstić information content (AvgIpc) is 3.15. The summed E-state index contributed by atoms with van der Waals surface area (Å²) in [5, 5.41) is 3.40. The molecule has 3 heterocycles. The van der Waals surface area contributed by atoms with Crippen LogP contribution in [0.15, 0.2) is 40.4 Å². The zero-order valence-electron chi connectivity index (χ0n) is 16.4. The largest absolute Gasteiger partial charge is 0.433 e. The van der Waals surface area contributed by atoms with Crippen molar-refractivity contribution in [3.05, 3.63) is 52.6 Å². The molecular formula is C20H20F3N5OS2. The maximum Gasteiger partial charge on any atom is 0.433 e. The highest BCUT2D eigenvalue weighted by atomic mass is 32.2. The van der Waals surface area contributed by atoms with E-state index in [0.717, 1.165) is 66.0 Å². The minimum Gasteiger partial charge on any atom is -0.365 e. The third-order valence-electron chi connectivity index (χ3n) is 4.97. The summed E-state index contributed by atoms with van der Waals surface area (Å²) in [6, 6.07) is 6.70. The highest BCUT2D eigenvalue weighted by Gasteiger charge is 2.34. The number of alkyl halides is 3. The van der Waals surface area contributed by atoms with Crippen LogP contribution in [0.3, 0.4) is 0 Å². The van der Waals surface area contributed by atoms with Crippen LogP contribution in [0.5, 0.6) is 0 Å². The van der Waals surface area contributed by atoms with Gasteiger partial charge in [0.05, 0.1) is 10.7 Å². The number of benzene rings is 1. The smallest absolute Gasteiger partial charge is 0.365 e. The van der Waals surface area contributed by atoms with Crippen molar-refractivity contribution in [2.24, 2.45) is 5.73 Å². The summed E-state index contributed by atoms with van der Waals surface area (Å²) in [6.45, 7) is 3.17. The van der Waals surface area contributed by atoms with Crippen LogP contribution in [0.25, 0.3) is 5.57 Å². The van der Waals surface area contributed by atoms with Gasteiger partial charge in [0.2, 0.25) is 0 Å². The van der Waals surface area contributed by atoms with Crippen LogP contribution in [0.1, 0.15) is 17.1 Å². The molecule has 1 aromatic heterocycles. The predicted molar refractivity (Wildman–Crippen MR) is 117 cm³/mol. The van der Waals surface area contributed by atoms with E-state index in [9.17, 15) is 18.0 Å². The molecule has 31 heavy (non-hydrogen) atoms. The first-order chi connectivity index (χ1) is 14.8. The molecule has 2 aliphatic heterocycles. The molecule has 0 aliphatic carbocycles. The second kappa shape index (κ2) is 9.09. The topological polar surface area (TPSA) is 84.1 Å². The Morgan fingerprint density at radius 2 is 2.00 bits per heavy atom. The van der Waals surface area contributed by atoms with Gasteiger partial charge in [-0.15, -0.1) is 0 Å². The Morgan fingerprint density at radius 1 is 1.23 bits per heavy atom. The summed E-state index contributed by atoms with van der Waals surface area (Å²) in [7, 11) is 0. The zero-order chi connectivity index (χ0) is 22.0. The van der Waals surface area contributed by atoms with E-state index in [0.29, 0.717) is 5.03 Å². The van der Waals surface area contributed by atoms with Gasteiger partial charge in [0.15, 0.2) is 5.82 Å². The van der Waals surface area contributed by atoms with Crippen molar-refractivity contribution in [2.75, 3.05) is 36.5 Å². The van der Waals surface area contributed by atoms with Gasteiger partial charge in [0.25, 0.3) is 5.91 Å². The molecule has 0 bridgehead atoms. The van der Waals surface area contributed by atoms with Crippen molar-refractivity contribution in [1.82, 2.24) is 14.9 Å². The summed E-state index contributed by atoms with van der Waals surface area (Å²) >= 11 is 3.22. The Balaban J connectivity index is 1.56. The van der Waals surface area contributed by atoms with Crippen molar-refractivity contribution in [3.8, 4) is 0 Å². The minimum atomic E-state index is -4.65. The summed E-state index contributed by atoms with van der Waals surface area (Å²) in [5.41, 5.74) is 6.11. The van der Waals surface area contributed by atoms with E-state index < -0.39 is 17.8 Å². The van der Waals surface area contributed by atoms with Crippen molar-refractivity contribution in [1.29, 1.82) is 0 Å². The van der Waals surface area contributed by atoms with Crippen LogP contribution >= 0.6 is 23.5 Å². The van der Waals surface area contributed by atoms with Gasteiger partial charge in [-0.1, -0.05) is 17.8 Å². The first kappa shape index (κ1) is 22.0. The third-order valence-corrected chi connectivity index (χ3v) is 6.98. The maximum atomic E-state index is 13.0. The number of hydrogen-bond acceptors (Lipinski definition) is 7. The number of anilines is 1. The monoisotopic (exact) mass is 467 g/mol. The first-order valence-electron chi connectivity index (χ1n) is 9.64. The first-order valence-corrected chi connectivity index (χ1v) is 11.6. The predicted octanol–water partition coefficient (Wildman–Crippen LogP) is 3.46. The normalized spacial score (nSPS) is 18.4. The highest BCUT2D eigenvalue weighted by Crippen LogP contribution is 2.44. The molecule has 1 aromatic carbocycles. The van der Waals surface area contributed by atoms with Gasteiger partial charge < -0.3 is 16.0 Å². The number of halogens is 3. The molecular weight excluding hydrogens is 447 g/mol. The van der Waals surface area contributed by atoms with Gasteiger partial charge in [-0.25, -0.2) is 9.97 Å². The molecule has 1 amide bonds. The average molecular weight is 468 g/mol. The number of nitrogens with two attached hydrogens (primary N) is 1. The number of thioether (sulfide) groups is 2. The van der Waals surface area contributed by atoms with E-state index in [1.807, 2.05) is 30.0 Å². The fraction of sp³-hybridized carbons (Fsp3) is 0.350. The number of nitrogens with one attached hydrogen (secondary N) is 1. The lowest BCUT2D eigenvalue weighted by atomic mass is 10.1. The van der Waals surface area contributed by atoms with Crippen molar-refractivity contribution >= 4 is 40.7 Å². The molecule has 164 valence electrons. The molecule has 0 unspecified atom stereocenters. The molecule has 1 saturated heterocycles. The minimum absolute atomic E-state index is 0.167. The second-order valence-corrected chi connectivity index (χ2v) is 9.37. The Labute approximate surface area is 185 Å². The van der Waals surface area contributed by atoms with Crippen LogP contribution in [-0.2, 0) is 17.4 Å². The number of hydrogen-bond donors (Lipinski definition) is 2. The third kappa shape index (κ3) is 5.16. The van der Waals surface area contributed by atoms with Crippen LogP contribution < -0.4 is 11.1 Å². The van der Waals surface area contributed by atoms with Gasteiger partial charge in [-0.3, -0.25) is 4.79 Å². The van der Waals surface area contributed by atoms with Gasteiger partial charge in [-0.05, 0) is 30.2 Å². The van der Waals surface area contributed by atoms with Gasteiger partial charge in [0, 0.05) is 42.2 Å². The lowest BCUT2D eigenvalue weighted by molar-refractivity contribution is -0.141. The molecule has 2 aliphatic rings. The van der Waals surface area contributed by atoms with Gasteiger partial charge in [-0.2, -0.15) is 24.9 Å². The molecule has 0 atom stereocenters. The second-order valence-electron chi connectivity index (χ2n) is 7.09. The van der Waals surface area contributed by atoms with Crippen molar-refractivity contribution < 1.29 is 18.0 Å². The van der Waals surface area contributed by atoms with E-state index in [4.69, 9.17) is 5.73 Å². The number of primary amides is 1. The zero-order valence-corrected chi connectivity index (χ0v) is 18.0. The Hall–Kier alpha value is -2.24. The number of aromatic nitrogens is 2. The van der Waals surface area contributed by atoms with E-state index in [-0.39, 0.29) is 11.4 Å². The number of carbonyl (C=O) groups excluding carboxylic acids is 1. The number of fused-ring (bicyclic) bond motifs is 1. The number of amides is 1. The van der Waals surface area contributed by atoms with Crippen LogP contribution in [0.2, 0.25) is 0 Å². The molecule has 0 spiro atoms. The molecule has 3 N–H and O–H groups in total. The Kier molecular flexibility index (Phi) is 6.44. The van der Waals surface area contributed by atoms with Crippen LogP contribution in [-0.4, -0.2) is 51.9 Å². The Morgan fingerprint density at radius 3 is 2.71 bits per heavy atom. The van der Waals surface area contributed by atoms with E-state index in [2.05, 4.69) is 20.2 Å². The molecule has 6 nitrogen and oxygen atoms in total. The number of rotatable bonds is 5. The Bertz CT molecular complexity index is 1020. The standard InChI is InChI=1S/C20H20F3N5OS2/c21-20(22,23)15-3-5-25-18(27-15)16(17(24)29)19-26-13-2-1-12(11-14(13)31-19)4-6-28-7-9-30-10-8-28/h1-3,5,11,26H,4,6-10H2,(H2,24,29)/b19-16-.